The zero-order valence-electron chi connectivity index (χ0n) is 10.4. The van der Waals surface area contributed by atoms with E-state index in [9.17, 15) is 13.0 Å². The summed E-state index contributed by atoms with van der Waals surface area (Å²) >= 11 is 0. The molecule has 5 heteroatoms. The van der Waals surface area contributed by atoms with Gasteiger partial charge in [-0.3, -0.25) is 0 Å². The van der Waals surface area contributed by atoms with Crippen LogP contribution in [0.5, 0.6) is 0 Å². The van der Waals surface area contributed by atoms with Gasteiger partial charge in [0.25, 0.3) is 0 Å². The minimum absolute atomic E-state index is 0. The second-order valence-electron chi connectivity index (χ2n) is 4.31. The molecular weight excluding hydrogens is 276 g/mol. The van der Waals surface area contributed by atoms with Crippen LogP contribution in [0.4, 0.5) is 0 Å². The van der Waals surface area contributed by atoms with Crippen LogP contribution in [0, 0.1) is 0 Å². The van der Waals surface area contributed by atoms with Crippen molar-refractivity contribution in [3.63, 3.8) is 0 Å². The van der Waals surface area contributed by atoms with Crippen LogP contribution in [0.2, 0.25) is 0 Å². The van der Waals surface area contributed by atoms with Gasteiger partial charge in [0.05, 0.1) is 4.90 Å². The molecule has 0 amide bonds. The molecule has 0 fully saturated rings. The number of hydrogen-bond acceptors (Lipinski definition) is 3. The van der Waals surface area contributed by atoms with Crippen LogP contribution in [0.1, 0.15) is 25.3 Å². The second kappa shape index (κ2) is 5.88. The Bertz CT molecular complexity index is 663. The van der Waals surface area contributed by atoms with E-state index in [2.05, 4.69) is 0 Å². The zero-order valence-corrected chi connectivity index (χ0v) is 13.4. The molecular formula is C13H13CaO3S+. The van der Waals surface area contributed by atoms with E-state index in [0.29, 0.717) is 10.9 Å². The predicted molar refractivity (Wildman–Crippen MR) is 71.8 cm³/mol. The molecule has 0 atom stereocenters. The molecule has 0 unspecified atom stereocenters. The third-order valence-electron chi connectivity index (χ3n) is 2.78. The molecule has 0 radical (unpaired) electrons. The van der Waals surface area contributed by atoms with E-state index in [-0.39, 0.29) is 48.6 Å². The fourth-order valence-corrected chi connectivity index (χ4v) is 3.04. The van der Waals surface area contributed by atoms with Crippen LogP contribution in [0.15, 0.2) is 41.3 Å². The van der Waals surface area contributed by atoms with Crippen LogP contribution in [-0.2, 0) is 10.1 Å². The van der Waals surface area contributed by atoms with E-state index in [0.717, 1.165) is 5.39 Å². The molecule has 2 aromatic carbocycles. The first-order chi connectivity index (χ1) is 7.91. The third-order valence-corrected chi connectivity index (χ3v) is 3.74. The molecule has 2 aromatic rings. The van der Waals surface area contributed by atoms with Gasteiger partial charge in [-0.15, -0.1) is 0 Å². The number of fused-ring (bicyclic) bond motifs is 1. The first-order valence-corrected chi connectivity index (χ1v) is 6.79. The standard InChI is InChI=1S/C13H14O3S.Ca/c1-9(2)11-8-7-10-5-3-4-6-12(10)13(11)17(14,15)16;/h3-9H,1-2H3,(H,14,15,16);/q;+2/p-1. The van der Waals surface area contributed by atoms with Gasteiger partial charge in [0, 0.05) is 0 Å². The Morgan fingerprint density at radius 1 is 1.06 bits per heavy atom. The Morgan fingerprint density at radius 2 is 1.67 bits per heavy atom. The van der Waals surface area contributed by atoms with Gasteiger partial charge in [0.2, 0.25) is 0 Å². The molecule has 18 heavy (non-hydrogen) atoms. The number of hydrogen-bond donors (Lipinski definition) is 0. The molecule has 0 saturated heterocycles. The van der Waals surface area contributed by atoms with Gasteiger partial charge in [-0.05, 0) is 22.3 Å². The average Bonchev–Trinajstić information content (AvgIpc) is 2.26. The summed E-state index contributed by atoms with van der Waals surface area (Å²) in [4.78, 5) is -0.0781. The average molecular weight is 289 g/mol. The molecule has 0 heterocycles. The first-order valence-electron chi connectivity index (χ1n) is 5.39. The Hall–Kier alpha value is -0.130. The van der Waals surface area contributed by atoms with Crippen molar-refractivity contribution in [1.82, 2.24) is 0 Å². The quantitative estimate of drug-likeness (QED) is 0.630. The van der Waals surface area contributed by atoms with Gasteiger partial charge in [-0.25, -0.2) is 8.42 Å². The molecule has 0 saturated carbocycles. The van der Waals surface area contributed by atoms with E-state index in [1.807, 2.05) is 26.0 Å². The van der Waals surface area contributed by atoms with Crippen molar-refractivity contribution in [3.05, 3.63) is 42.0 Å². The molecule has 0 aliphatic rings. The normalized spacial score (nSPS) is 11.6. The fraction of sp³-hybridized carbons (Fsp3) is 0.231. The molecule has 2 rings (SSSR count). The SMILES string of the molecule is CC(C)c1ccc2ccccc2c1S(=O)(=O)[O-].[Ca+2]. The smallest absolute Gasteiger partial charge is 0.744 e. The van der Waals surface area contributed by atoms with Crippen molar-refractivity contribution in [2.24, 2.45) is 0 Å². The van der Waals surface area contributed by atoms with E-state index in [4.69, 9.17) is 0 Å². The maximum absolute atomic E-state index is 11.4. The zero-order chi connectivity index (χ0) is 12.6. The van der Waals surface area contributed by atoms with Crippen LogP contribution in [0.25, 0.3) is 10.8 Å². The summed E-state index contributed by atoms with van der Waals surface area (Å²) in [7, 11) is -4.46. The third kappa shape index (κ3) is 3.06. The van der Waals surface area contributed by atoms with Gasteiger partial charge in [-0.2, -0.15) is 0 Å². The summed E-state index contributed by atoms with van der Waals surface area (Å²) in [5, 5.41) is 1.28. The molecule has 3 nitrogen and oxygen atoms in total. The van der Waals surface area contributed by atoms with E-state index in [1.54, 1.807) is 24.3 Å². The van der Waals surface area contributed by atoms with Crippen LogP contribution in [0.3, 0.4) is 0 Å². The van der Waals surface area contributed by atoms with Crippen LogP contribution >= 0.6 is 0 Å². The van der Waals surface area contributed by atoms with Crippen molar-refractivity contribution in [2.75, 3.05) is 0 Å². The Labute approximate surface area is 137 Å². The van der Waals surface area contributed by atoms with Gasteiger partial charge < -0.3 is 4.55 Å². The molecule has 90 valence electrons. The van der Waals surface area contributed by atoms with E-state index >= 15 is 0 Å². The summed E-state index contributed by atoms with van der Waals surface area (Å²) in [5.74, 6) is -0.00155. The summed E-state index contributed by atoms with van der Waals surface area (Å²) in [6.07, 6.45) is 0. The fourth-order valence-electron chi connectivity index (χ4n) is 1.99. The van der Waals surface area contributed by atoms with Crippen LogP contribution in [-0.4, -0.2) is 50.7 Å². The van der Waals surface area contributed by atoms with Crippen molar-refractivity contribution in [3.8, 4) is 0 Å². The Kier molecular flexibility index (Phi) is 5.21. The number of benzene rings is 2. The van der Waals surface area contributed by atoms with Gasteiger partial charge in [0.15, 0.2) is 0 Å². The largest absolute Gasteiger partial charge is 2.00 e. The van der Waals surface area contributed by atoms with Gasteiger partial charge in [0.1, 0.15) is 10.1 Å². The number of rotatable bonds is 2. The van der Waals surface area contributed by atoms with E-state index < -0.39 is 10.1 Å². The second-order valence-corrected chi connectivity index (χ2v) is 5.63. The first kappa shape index (κ1) is 15.9. The minimum atomic E-state index is -4.46. The van der Waals surface area contributed by atoms with Crippen LogP contribution < -0.4 is 0 Å². The molecule has 0 N–H and O–H groups in total. The van der Waals surface area contributed by atoms with Crippen molar-refractivity contribution in [2.45, 2.75) is 24.7 Å². The topological polar surface area (TPSA) is 57.2 Å². The predicted octanol–water partition coefficient (Wildman–Crippen LogP) is 2.49. The molecule has 0 aliphatic carbocycles. The summed E-state index contributed by atoms with van der Waals surface area (Å²) in [6, 6.07) is 10.6. The maximum Gasteiger partial charge on any atom is 2.00 e. The molecule has 0 spiro atoms. The maximum atomic E-state index is 11.4. The minimum Gasteiger partial charge on any atom is -0.744 e. The summed E-state index contributed by atoms with van der Waals surface area (Å²) in [5.41, 5.74) is 0.582. The summed E-state index contributed by atoms with van der Waals surface area (Å²) in [6.45, 7) is 3.75. The molecule has 0 bridgehead atoms. The molecule has 0 aliphatic heterocycles. The van der Waals surface area contributed by atoms with Crippen molar-refractivity contribution < 1.29 is 13.0 Å². The van der Waals surface area contributed by atoms with E-state index in [1.165, 1.54) is 0 Å². The van der Waals surface area contributed by atoms with Crippen molar-refractivity contribution in [1.29, 1.82) is 0 Å². The Balaban J connectivity index is 0.00000162. The monoisotopic (exact) mass is 289 g/mol. The Morgan fingerprint density at radius 3 is 2.22 bits per heavy atom. The van der Waals surface area contributed by atoms with Crippen molar-refractivity contribution >= 4 is 58.6 Å². The van der Waals surface area contributed by atoms with Gasteiger partial charge in [-0.1, -0.05) is 50.2 Å². The summed E-state index contributed by atoms with van der Waals surface area (Å²) < 4.78 is 34.2. The van der Waals surface area contributed by atoms with Gasteiger partial charge >= 0.3 is 37.7 Å². The molecule has 0 aromatic heterocycles.